The van der Waals surface area contributed by atoms with Crippen molar-refractivity contribution < 1.29 is 19.0 Å². The van der Waals surface area contributed by atoms with Gasteiger partial charge in [0.2, 0.25) is 0 Å². The van der Waals surface area contributed by atoms with Crippen molar-refractivity contribution in [1.29, 1.82) is 0 Å². The molecule has 3 unspecified atom stereocenters. The minimum Gasteiger partial charge on any atom is -0.469 e. The molecule has 0 saturated heterocycles. The summed E-state index contributed by atoms with van der Waals surface area (Å²) in [6.07, 6.45) is 0.297. The van der Waals surface area contributed by atoms with Gasteiger partial charge in [0.05, 0.1) is 24.0 Å². The predicted octanol–water partition coefficient (Wildman–Crippen LogP) is 2.05. The summed E-state index contributed by atoms with van der Waals surface area (Å²) in [6, 6.07) is 0. The quantitative estimate of drug-likeness (QED) is 0.515. The lowest BCUT2D eigenvalue weighted by molar-refractivity contribution is -0.166. The van der Waals surface area contributed by atoms with E-state index in [1.54, 1.807) is 13.8 Å². The number of hydrogen-bond acceptors (Lipinski definition) is 4. The largest absolute Gasteiger partial charge is 0.469 e. The average molecular weight is 254 g/mol. The Hall–Kier alpha value is -0.835. The van der Waals surface area contributed by atoms with Gasteiger partial charge in [0.25, 0.3) is 8.05 Å². The Morgan fingerprint density at radius 3 is 1.83 bits per heavy atom. The maximum atomic E-state index is 12.0. The lowest BCUT2D eigenvalue weighted by Crippen LogP contribution is -2.53. The van der Waals surface area contributed by atoms with Gasteiger partial charge < -0.3 is 9.39 Å². The number of esters is 1. The summed E-state index contributed by atoms with van der Waals surface area (Å²) >= 11 is 0. The van der Waals surface area contributed by atoms with Crippen LogP contribution in [0.25, 0.3) is 0 Å². The van der Waals surface area contributed by atoms with Gasteiger partial charge >= 0.3 is 5.97 Å². The molecule has 0 aliphatic rings. The van der Waals surface area contributed by atoms with Crippen LogP contribution in [0, 0.1) is 10.8 Å². The standard InChI is InChI=1S/C13H23BO4/c1-7-12(4,9(3)15)10(18-14)13(5,8-2)11(16)17-6/h10H,7-8H2,1-6H3. The van der Waals surface area contributed by atoms with Gasteiger partial charge in [-0.2, -0.15) is 0 Å². The maximum absolute atomic E-state index is 12.0. The average Bonchev–Trinajstić information content (AvgIpc) is 2.37. The summed E-state index contributed by atoms with van der Waals surface area (Å²) in [5, 5.41) is 0. The van der Waals surface area contributed by atoms with Crippen LogP contribution in [0.3, 0.4) is 0 Å². The van der Waals surface area contributed by atoms with Crippen molar-refractivity contribution in [3.8, 4) is 0 Å². The van der Waals surface area contributed by atoms with Crippen molar-refractivity contribution in [1.82, 2.24) is 0 Å². The van der Waals surface area contributed by atoms with E-state index in [2.05, 4.69) is 0 Å². The molecule has 0 rings (SSSR count). The molecular weight excluding hydrogens is 231 g/mol. The number of methoxy groups -OCH3 is 1. The highest BCUT2D eigenvalue weighted by Gasteiger charge is 2.51. The fourth-order valence-corrected chi connectivity index (χ4v) is 2.29. The molecule has 0 amide bonds. The number of Topliss-reactive ketones (excluding diaryl/α,β-unsaturated/α-hetero) is 1. The van der Waals surface area contributed by atoms with Crippen LogP contribution in [-0.4, -0.2) is 33.0 Å². The molecule has 18 heavy (non-hydrogen) atoms. The first kappa shape index (κ1) is 17.2. The molecule has 4 nitrogen and oxygen atoms in total. The Kier molecular flexibility index (Phi) is 6.07. The van der Waals surface area contributed by atoms with Crippen LogP contribution in [-0.2, 0) is 19.0 Å². The normalized spacial score (nSPS) is 19.4. The lowest BCUT2D eigenvalue weighted by atomic mass is 9.65. The molecule has 0 fully saturated rings. The number of carbonyl (C=O) groups excluding carboxylic acids is 2. The predicted molar refractivity (Wildman–Crippen MR) is 70.1 cm³/mol. The molecule has 0 spiro atoms. The number of carbonyl (C=O) groups is 2. The monoisotopic (exact) mass is 254 g/mol. The fourth-order valence-electron chi connectivity index (χ4n) is 2.29. The summed E-state index contributed by atoms with van der Waals surface area (Å²) in [4.78, 5) is 23.9. The molecule has 0 aliphatic heterocycles. The minimum absolute atomic E-state index is 0.0518. The van der Waals surface area contributed by atoms with Gasteiger partial charge in [0.1, 0.15) is 5.78 Å². The first-order chi connectivity index (χ1) is 8.24. The third-order valence-corrected chi connectivity index (χ3v) is 4.22. The molecule has 0 aromatic carbocycles. The van der Waals surface area contributed by atoms with E-state index in [-0.39, 0.29) is 5.78 Å². The number of rotatable bonds is 7. The van der Waals surface area contributed by atoms with E-state index in [1.165, 1.54) is 14.0 Å². The van der Waals surface area contributed by atoms with Crippen molar-refractivity contribution in [3.63, 3.8) is 0 Å². The van der Waals surface area contributed by atoms with Crippen LogP contribution in [0.1, 0.15) is 47.5 Å². The maximum Gasteiger partial charge on any atom is 0.314 e. The second-order valence-electron chi connectivity index (χ2n) is 5.11. The SMILES string of the molecule is [B]OC(C(C)(CC)C(C)=O)C(C)(CC)C(=O)OC. The summed E-state index contributed by atoms with van der Waals surface area (Å²) in [5.41, 5.74) is -1.76. The smallest absolute Gasteiger partial charge is 0.314 e. The molecular formula is C13H23BO4. The van der Waals surface area contributed by atoms with Gasteiger partial charge in [-0.1, -0.05) is 20.8 Å². The molecule has 0 saturated carbocycles. The highest BCUT2D eigenvalue weighted by Crippen LogP contribution is 2.42. The summed E-state index contributed by atoms with van der Waals surface area (Å²) in [5.74, 6) is -0.467. The zero-order valence-corrected chi connectivity index (χ0v) is 12.2. The van der Waals surface area contributed by atoms with Gasteiger partial charge in [0.15, 0.2) is 0 Å². The summed E-state index contributed by atoms with van der Waals surface area (Å²) in [6.45, 7) is 8.69. The molecule has 0 aliphatic carbocycles. The molecule has 0 aromatic rings. The van der Waals surface area contributed by atoms with E-state index in [9.17, 15) is 9.59 Å². The highest BCUT2D eigenvalue weighted by atomic mass is 16.5. The number of hydrogen-bond donors (Lipinski definition) is 0. The van der Waals surface area contributed by atoms with Gasteiger partial charge in [-0.15, -0.1) is 0 Å². The zero-order valence-electron chi connectivity index (χ0n) is 12.2. The van der Waals surface area contributed by atoms with E-state index in [1.807, 2.05) is 13.8 Å². The molecule has 0 N–H and O–H groups in total. The van der Waals surface area contributed by atoms with Crippen LogP contribution >= 0.6 is 0 Å². The second-order valence-corrected chi connectivity index (χ2v) is 5.11. The topological polar surface area (TPSA) is 52.6 Å². The molecule has 0 aromatic heterocycles. The molecule has 3 atom stereocenters. The van der Waals surface area contributed by atoms with Crippen molar-refractivity contribution in [2.45, 2.75) is 53.6 Å². The Morgan fingerprint density at radius 2 is 1.61 bits per heavy atom. The Bertz CT molecular complexity index is 318. The van der Waals surface area contributed by atoms with Crippen molar-refractivity contribution in [3.05, 3.63) is 0 Å². The Balaban J connectivity index is 5.66. The van der Waals surface area contributed by atoms with E-state index < -0.39 is 22.9 Å². The molecule has 102 valence electrons. The van der Waals surface area contributed by atoms with Crippen LogP contribution in [0.15, 0.2) is 0 Å². The van der Waals surface area contributed by atoms with Gasteiger partial charge in [-0.25, -0.2) is 0 Å². The van der Waals surface area contributed by atoms with Crippen molar-refractivity contribution in [2.75, 3.05) is 7.11 Å². The van der Waals surface area contributed by atoms with Crippen molar-refractivity contribution in [2.24, 2.45) is 10.8 Å². The lowest BCUT2D eigenvalue weighted by Gasteiger charge is -2.44. The van der Waals surface area contributed by atoms with Crippen LogP contribution < -0.4 is 0 Å². The Labute approximate surface area is 111 Å². The fraction of sp³-hybridized carbons (Fsp3) is 0.846. The van der Waals surface area contributed by atoms with E-state index in [0.717, 1.165) is 0 Å². The van der Waals surface area contributed by atoms with Crippen molar-refractivity contribution >= 4 is 19.8 Å². The summed E-state index contributed by atoms with van der Waals surface area (Å²) < 4.78 is 9.85. The first-order valence-electron chi connectivity index (χ1n) is 6.19. The number of ether oxygens (including phenoxy) is 1. The van der Waals surface area contributed by atoms with Crippen LogP contribution in [0.5, 0.6) is 0 Å². The molecule has 5 heteroatoms. The van der Waals surface area contributed by atoms with Crippen LogP contribution in [0.4, 0.5) is 0 Å². The highest BCUT2D eigenvalue weighted by molar-refractivity contribution is 5.99. The second kappa shape index (κ2) is 6.37. The molecule has 0 heterocycles. The third kappa shape index (κ3) is 2.77. The van der Waals surface area contributed by atoms with E-state index >= 15 is 0 Å². The first-order valence-corrected chi connectivity index (χ1v) is 6.19. The van der Waals surface area contributed by atoms with E-state index in [0.29, 0.717) is 12.8 Å². The molecule has 0 bridgehead atoms. The number of ketones is 1. The molecule has 2 radical (unpaired) electrons. The summed E-state index contributed by atoms with van der Waals surface area (Å²) in [7, 11) is 6.69. The Morgan fingerprint density at radius 1 is 1.17 bits per heavy atom. The van der Waals surface area contributed by atoms with Gasteiger partial charge in [-0.3, -0.25) is 9.59 Å². The van der Waals surface area contributed by atoms with Crippen LogP contribution in [0.2, 0.25) is 0 Å². The van der Waals surface area contributed by atoms with Gasteiger partial charge in [0, 0.05) is 0 Å². The third-order valence-electron chi connectivity index (χ3n) is 4.22. The van der Waals surface area contributed by atoms with Gasteiger partial charge in [-0.05, 0) is 26.7 Å². The van der Waals surface area contributed by atoms with E-state index in [4.69, 9.17) is 17.4 Å². The minimum atomic E-state index is -0.945. The zero-order chi connectivity index (χ0) is 14.6.